The van der Waals surface area contributed by atoms with Crippen molar-refractivity contribution in [1.29, 1.82) is 0 Å². The zero-order valence-corrected chi connectivity index (χ0v) is 13.0. The zero-order chi connectivity index (χ0) is 14.4. The van der Waals surface area contributed by atoms with Gasteiger partial charge in [0.25, 0.3) is 0 Å². The van der Waals surface area contributed by atoms with Crippen LogP contribution < -0.4 is 5.32 Å². The Bertz CT molecular complexity index is 526. The standard InChI is InChI=1S/C17H27N3/c1-4-19(5-2)12-11-18-13-15-14-20(6-3)17-10-8-7-9-16(15)17/h7-10,14,18H,4-6,11-13H2,1-3H3. The highest BCUT2D eigenvalue weighted by atomic mass is 15.1. The number of para-hydroxylation sites is 1. The van der Waals surface area contributed by atoms with E-state index in [1.807, 2.05) is 0 Å². The molecule has 0 bridgehead atoms. The number of nitrogens with one attached hydrogen (secondary N) is 1. The van der Waals surface area contributed by atoms with Crippen LogP contribution in [0, 0.1) is 0 Å². The Balaban J connectivity index is 1.96. The van der Waals surface area contributed by atoms with Crippen LogP contribution in [0.4, 0.5) is 0 Å². The largest absolute Gasteiger partial charge is 0.347 e. The summed E-state index contributed by atoms with van der Waals surface area (Å²) in [5, 5.41) is 4.95. The summed E-state index contributed by atoms with van der Waals surface area (Å²) < 4.78 is 2.33. The van der Waals surface area contributed by atoms with E-state index in [-0.39, 0.29) is 0 Å². The first kappa shape index (κ1) is 15.1. The molecule has 20 heavy (non-hydrogen) atoms. The van der Waals surface area contributed by atoms with Gasteiger partial charge in [-0.1, -0.05) is 32.0 Å². The fourth-order valence-electron chi connectivity index (χ4n) is 2.73. The summed E-state index contributed by atoms with van der Waals surface area (Å²) in [6, 6.07) is 8.68. The molecule has 2 aromatic rings. The molecule has 0 saturated carbocycles. The zero-order valence-electron chi connectivity index (χ0n) is 13.0. The Hall–Kier alpha value is -1.32. The van der Waals surface area contributed by atoms with Gasteiger partial charge in [-0.3, -0.25) is 0 Å². The number of rotatable bonds is 8. The third-order valence-corrected chi connectivity index (χ3v) is 4.03. The molecule has 1 aromatic carbocycles. The number of aryl methyl sites for hydroxylation is 1. The van der Waals surface area contributed by atoms with Gasteiger partial charge in [0.2, 0.25) is 0 Å². The van der Waals surface area contributed by atoms with E-state index in [9.17, 15) is 0 Å². The molecule has 0 atom stereocenters. The average molecular weight is 273 g/mol. The summed E-state index contributed by atoms with van der Waals surface area (Å²) in [5.41, 5.74) is 2.75. The molecule has 0 aliphatic heterocycles. The Kier molecular flexibility index (Phi) is 5.62. The first-order valence-corrected chi connectivity index (χ1v) is 7.79. The number of nitrogens with zero attached hydrogens (tertiary/aromatic N) is 2. The van der Waals surface area contributed by atoms with Crippen LogP contribution in [0.1, 0.15) is 26.3 Å². The van der Waals surface area contributed by atoms with E-state index < -0.39 is 0 Å². The molecule has 0 aliphatic carbocycles. The second-order valence-corrected chi connectivity index (χ2v) is 5.16. The van der Waals surface area contributed by atoms with Crippen LogP contribution in [-0.4, -0.2) is 35.6 Å². The SMILES string of the molecule is CCN(CC)CCNCc1cn(CC)c2ccccc12. The average Bonchev–Trinajstić information content (AvgIpc) is 2.86. The smallest absolute Gasteiger partial charge is 0.0483 e. The number of hydrogen-bond donors (Lipinski definition) is 1. The second kappa shape index (κ2) is 7.46. The van der Waals surface area contributed by atoms with Gasteiger partial charge in [0.15, 0.2) is 0 Å². The summed E-state index contributed by atoms with van der Waals surface area (Å²) in [6.07, 6.45) is 2.29. The minimum atomic E-state index is 0.953. The molecule has 1 heterocycles. The summed E-state index contributed by atoms with van der Waals surface area (Å²) in [7, 11) is 0. The lowest BCUT2D eigenvalue weighted by Crippen LogP contribution is -2.31. The highest BCUT2D eigenvalue weighted by molar-refractivity contribution is 5.83. The van der Waals surface area contributed by atoms with Crippen LogP contribution in [0.25, 0.3) is 10.9 Å². The van der Waals surface area contributed by atoms with E-state index in [0.29, 0.717) is 0 Å². The molecular formula is C17H27N3. The maximum Gasteiger partial charge on any atom is 0.0483 e. The predicted octanol–water partition coefficient (Wildman–Crippen LogP) is 3.09. The van der Waals surface area contributed by atoms with E-state index in [4.69, 9.17) is 0 Å². The van der Waals surface area contributed by atoms with Crippen LogP contribution in [0.2, 0.25) is 0 Å². The van der Waals surface area contributed by atoms with E-state index in [0.717, 1.165) is 39.3 Å². The van der Waals surface area contributed by atoms with Gasteiger partial charge in [-0.05, 0) is 31.6 Å². The van der Waals surface area contributed by atoms with E-state index in [1.54, 1.807) is 0 Å². The Labute approximate surface area is 122 Å². The van der Waals surface area contributed by atoms with E-state index in [2.05, 4.69) is 66.0 Å². The summed E-state index contributed by atoms with van der Waals surface area (Å²) in [4.78, 5) is 2.45. The summed E-state index contributed by atoms with van der Waals surface area (Å²) in [6.45, 7) is 13.1. The quantitative estimate of drug-likeness (QED) is 0.746. The molecule has 3 heteroatoms. The van der Waals surface area contributed by atoms with Crippen molar-refractivity contribution in [2.45, 2.75) is 33.9 Å². The van der Waals surface area contributed by atoms with Crippen LogP contribution in [0.3, 0.4) is 0 Å². The molecule has 0 aliphatic rings. The number of benzene rings is 1. The van der Waals surface area contributed by atoms with Crippen molar-refractivity contribution in [2.24, 2.45) is 0 Å². The molecular weight excluding hydrogens is 246 g/mol. The minimum Gasteiger partial charge on any atom is -0.347 e. The Morgan fingerprint density at radius 3 is 2.55 bits per heavy atom. The first-order chi connectivity index (χ1) is 9.80. The Morgan fingerprint density at radius 1 is 1.10 bits per heavy atom. The molecule has 0 amide bonds. The van der Waals surface area contributed by atoms with Gasteiger partial charge < -0.3 is 14.8 Å². The molecule has 1 N–H and O–H groups in total. The van der Waals surface area contributed by atoms with Gasteiger partial charge in [-0.25, -0.2) is 0 Å². The lowest BCUT2D eigenvalue weighted by Gasteiger charge is -2.17. The van der Waals surface area contributed by atoms with E-state index >= 15 is 0 Å². The monoisotopic (exact) mass is 273 g/mol. The molecule has 0 unspecified atom stereocenters. The topological polar surface area (TPSA) is 20.2 Å². The first-order valence-electron chi connectivity index (χ1n) is 7.79. The lowest BCUT2D eigenvalue weighted by atomic mass is 10.2. The fourth-order valence-corrected chi connectivity index (χ4v) is 2.73. The molecule has 3 nitrogen and oxygen atoms in total. The molecule has 0 saturated heterocycles. The van der Waals surface area contributed by atoms with Gasteiger partial charge in [0.1, 0.15) is 0 Å². The van der Waals surface area contributed by atoms with Crippen LogP contribution in [0.15, 0.2) is 30.5 Å². The van der Waals surface area contributed by atoms with Crippen molar-refractivity contribution in [1.82, 2.24) is 14.8 Å². The molecule has 0 fully saturated rings. The summed E-state index contributed by atoms with van der Waals surface area (Å²) >= 11 is 0. The fraction of sp³-hybridized carbons (Fsp3) is 0.529. The van der Waals surface area contributed by atoms with E-state index in [1.165, 1.54) is 16.5 Å². The number of hydrogen-bond acceptors (Lipinski definition) is 2. The van der Waals surface area contributed by atoms with Gasteiger partial charge in [0.05, 0.1) is 0 Å². The highest BCUT2D eigenvalue weighted by Gasteiger charge is 2.06. The third-order valence-electron chi connectivity index (χ3n) is 4.03. The van der Waals surface area contributed by atoms with Crippen molar-refractivity contribution in [3.63, 3.8) is 0 Å². The number of aromatic nitrogens is 1. The normalized spacial score (nSPS) is 11.6. The maximum atomic E-state index is 3.58. The van der Waals surface area contributed by atoms with Crippen molar-refractivity contribution >= 4 is 10.9 Å². The molecule has 110 valence electrons. The maximum absolute atomic E-state index is 3.58. The molecule has 0 spiro atoms. The van der Waals surface area contributed by atoms with Gasteiger partial charge in [-0.15, -0.1) is 0 Å². The lowest BCUT2D eigenvalue weighted by molar-refractivity contribution is 0.302. The number of likely N-dealkylation sites (N-methyl/N-ethyl adjacent to an activating group) is 1. The second-order valence-electron chi connectivity index (χ2n) is 5.16. The highest BCUT2D eigenvalue weighted by Crippen LogP contribution is 2.20. The van der Waals surface area contributed by atoms with Crippen LogP contribution in [0.5, 0.6) is 0 Å². The molecule has 2 rings (SSSR count). The minimum absolute atomic E-state index is 0.953. The van der Waals surface area contributed by atoms with Crippen molar-refractivity contribution in [3.8, 4) is 0 Å². The van der Waals surface area contributed by atoms with Gasteiger partial charge in [0, 0.05) is 43.3 Å². The van der Waals surface area contributed by atoms with Crippen LogP contribution in [-0.2, 0) is 13.1 Å². The van der Waals surface area contributed by atoms with Gasteiger partial charge >= 0.3 is 0 Å². The van der Waals surface area contributed by atoms with Crippen molar-refractivity contribution in [2.75, 3.05) is 26.2 Å². The summed E-state index contributed by atoms with van der Waals surface area (Å²) in [5.74, 6) is 0. The molecule has 0 radical (unpaired) electrons. The predicted molar refractivity (Wildman–Crippen MR) is 87.1 cm³/mol. The number of fused-ring (bicyclic) bond motifs is 1. The van der Waals surface area contributed by atoms with Gasteiger partial charge in [-0.2, -0.15) is 0 Å². The molecule has 1 aromatic heterocycles. The van der Waals surface area contributed by atoms with Crippen LogP contribution >= 0.6 is 0 Å². The van der Waals surface area contributed by atoms with Crippen molar-refractivity contribution < 1.29 is 0 Å². The third kappa shape index (κ3) is 3.41. The van der Waals surface area contributed by atoms with Crippen molar-refractivity contribution in [3.05, 3.63) is 36.0 Å². The Morgan fingerprint density at radius 2 is 1.85 bits per heavy atom.